The number of carbonyl (C=O) groups excluding carboxylic acids is 1. The van der Waals surface area contributed by atoms with Crippen LogP contribution in [0.25, 0.3) is 0 Å². The molecular weight excluding hydrogens is 582 g/mol. The number of allylic oxidation sites excluding steroid dienone is 2. The van der Waals surface area contributed by atoms with Crippen molar-refractivity contribution in [2.75, 3.05) is 6.61 Å². The van der Waals surface area contributed by atoms with Crippen molar-refractivity contribution in [2.24, 2.45) is 0 Å². The Balaban J connectivity index is 3.58. The standard InChI is InChI=1S/C42H83NO4/c1-3-5-7-9-11-13-14-15-16-17-18-19-20-21-22-23-24-25-26-27-29-30-32-34-36-40(45)42(47)39(38-44)43-41(46)37-35-33-31-28-12-10-8-6-4-2/h29-30,39-40,42,44-45,47H,3-28,31-38H2,1-2H3,(H,43,46)/b30-29+. The van der Waals surface area contributed by atoms with Gasteiger partial charge in [-0.05, 0) is 38.5 Å². The van der Waals surface area contributed by atoms with Crippen molar-refractivity contribution >= 4 is 5.91 Å². The Bertz CT molecular complexity index is 655. The third-order valence-corrected chi connectivity index (χ3v) is 9.87. The molecule has 0 aliphatic rings. The molecule has 0 spiro atoms. The molecule has 0 heterocycles. The molecule has 1 amide bonds. The van der Waals surface area contributed by atoms with E-state index in [4.69, 9.17) is 0 Å². The van der Waals surface area contributed by atoms with E-state index < -0.39 is 18.2 Å². The van der Waals surface area contributed by atoms with Crippen LogP contribution in [0.1, 0.15) is 226 Å². The van der Waals surface area contributed by atoms with Crippen LogP contribution < -0.4 is 5.32 Å². The minimum atomic E-state index is -1.15. The SMILES string of the molecule is CCCCCCCCCCCCCCCCCCCCC/C=C/CCCC(O)C(O)C(CO)NC(=O)CCCCCCCCCCC. The summed E-state index contributed by atoms with van der Waals surface area (Å²) >= 11 is 0. The number of hydrogen-bond donors (Lipinski definition) is 4. The van der Waals surface area contributed by atoms with Crippen LogP contribution in [0.2, 0.25) is 0 Å². The first-order valence-corrected chi connectivity index (χ1v) is 21.0. The van der Waals surface area contributed by atoms with E-state index in [1.54, 1.807) is 0 Å². The Morgan fingerprint density at radius 2 is 0.851 bits per heavy atom. The number of nitrogens with one attached hydrogen (secondary N) is 1. The van der Waals surface area contributed by atoms with Gasteiger partial charge in [0, 0.05) is 6.42 Å². The van der Waals surface area contributed by atoms with Crippen LogP contribution in [0.15, 0.2) is 12.2 Å². The van der Waals surface area contributed by atoms with Crippen LogP contribution >= 0.6 is 0 Å². The number of rotatable bonds is 38. The molecule has 0 aliphatic heterocycles. The second-order valence-corrected chi connectivity index (χ2v) is 14.5. The van der Waals surface area contributed by atoms with Gasteiger partial charge in [0.1, 0.15) is 6.10 Å². The van der Waals surface area contributed by atoms with E-state index in [1.165, 1.54) is 161 Å². The number of carbonyl (C=O) groups is 1. The zero-order valence-corrected chi connectivity index (χ0v) is 31.7. The van der Waals surface area contributed by atoms with E-state index in [0.717, 1.165) is 38.5 Å². The van der Waals surface area contributed by atoms with Crippen LogP contribution in [0.5, 0.6) is 0 Å². The second kappa shape index (κ2) is 37.9. The number of aliphatic hydroxyl groups excluding tert-OH is 3. The lowest BCUT2D eigenvalue weighted by molar-refractivity contribution is -0.124. The molecule has 5 nitrogen and oxygen atoms in total. The summed E-state index contributed by atoms with van der Waals surface area (Å²) in [6, 6.07) is -0.819. The first kappa shape index (κ1) is 46.1. The maximum atomic E-state index is 12.3. The molecule has 0 radical (unpaired) electrons. The quantitative estimate of drug-likeness (QED) is 0.0390. The van der Waals surface area contributed by atoms with E-state index in [1.807, 2.05) is 0 Å². The number of aliphatic hydroxyl groups is 3. The highest BCUT2D eigenvalue weighted by molar-refractivity contribution is 5.76. The first-order valence-electron chi connectivity index (χ1n) is 21.0. The molecule has 5 heteroatoms. The summed E-state index contributed by atoms with van der Waals surface area (Å²) in [4.78, 5) is 12.3. The molecule has 3 atom stereocenters. The molecule has 0 aromatic rings. The van der Waals surface area contributed by atoms with E-state index in [9.17, 15) is 20.1 Å². The molecule has 0 aromatic carbocycles. The molecule has 0 fully saturated rings. The molecule has 0 saturated carbocycles. The van der Waals surface area contributed by atoms with Gasteiger partial charge in [-0.25, -0.2) is 0 Å². The lowest BCUT2D eigenvalue weighted by Gasteiger charge is -2.26. The monoisotopic (exact) mass is 666 g/mol. The third-order valence-electron chi connectivity index (χ3n) is 9.87. The van der Waals surface area contributed by atoms with Gasteiger partial charge in [-0.15, -0.1) is 0 Å². The van der Waals surface area contributed by atoms with Gasteiger partial charge in [-0.1, -0.05) is 193 Å². The summed E-state index contributed by atoms with van der Waals surface area (Å²) in [5.41, 5.74) is 0. The minimum Gasteiger partial charge on any atom is -0.394 e. The molecule has 0 rings (SSSR count). The van der Waals surface area contributed by atoms with Gasteiger partial charge in [-0.3, -0.25) is 4.79 Å². The zero-order valence-electron chi connectivity index (χ0n) is 31.7. The highest BCUT2D eigenvalue weighted by Gasteiger charge is 2.26. The summed E-state index contributed by atoms with van der Waals surface area (Å²) in [7, 11) is 0. The van der Waals surface area contributed by atoms with Crippen LogP contribution in [0, 0.1) is 0 Å². The molecule has 3 unspecified atom stereocenters. The fourth-order valence-electron chi connectivity index (χ4n) is 6.57. The summed E-state index contributed by atoms with van der Waals surface area (Å²) in [5.74, 6) is -0.156. The van der Waals surface area contributed by atoms with Gasteiger partial charge in [0.25, 0.3) is 0 Å². The highest BCUT2D eigenvalue weighted by Crippen LogP contribution is 2.16. The van der Waals surface area contributed by atoms with Crippen LogP contribution in [0.4, 0.5) is 0 Å². The van der Waals surface area contributed by atoms with E-state index in [0.29, 0.717) is 12.8 Å². The first-order chi connectivity index (χ1) is 23.1. The maximum Gasteiger partial charge on any atom is 0.220 e. The van der Waals surface area contributed by atoms with Crippen LogP contribution in [0.3, 0.4) is 0 Å². The Morgan fingerprint density at radius 3 is 1.23 bits per heavy atom. The Labute approximate surface area is 293 Å². The molecule has 0 bridgehead atoms. The van der Waals surface area contributed by atoms with Crippen molar-refractivity contribution in [2.45, 2.75) is 244 Å². The molecule has 0 aromatic heterocycles. The van der Waals surface area contributed by atoms with Crippen molar-refractivity contribution < 1.29 is 20.1 Å². The van der Waals surface area contributed by atoms with Crippen molar-refractivity contribution in [3.05, 3.63) is 12.2 Å². The number of hydrogen-bond acceptors (Lipinski definition) is 4. The van der Waals surface area contributed by atoms with Crippen LogP contribution in [-0.2, 0) is 4.79 Å². The van der Waals surface area contributed by atoms with Gasteiger partial charge in [0.05, 0.1) is 18.8 Å². The third kappa shape index (κ3) is 33.4. The van der Waals surface area contributed by atoms with E-state index in [2.05, 4.69) is 31.3 Å². The largest absolute Gasteiger partial charge is 0.394 e. The van der Waals surface area contributed by atoms with Gasteiger partial charge >= 0.3 is 0 Å². The van der Waals surface area contributed by atoms with Crippen LogP contribution in [-0.4, -0.2) is 46.1 Å². The van der Waals surface area contributed by atoms with E-state index in [-0.39, 0.29) is 12.5 Å². The van der Waals surface area contributed by atoms with Gasteiger partial charge in [0.15, 0.2) is 0 Å². The number of amides is 1. The molecule has 47 heavy (non-hydrogen) atoms. The predicted octanol–water partition coefficient (Wildman–Crippen LogP) is 11.7. The average molecular weight is 666 g/mol. The molecule has 280 valence electrons. The fourth-order valence-corrected chi connectivity index (χ4v) is 6.57. The summed E-state index contributed by atoms with van der Waals surface area (Å²) < 4.78 is 0. The maximum absolute atomic E-state index is 12.3. The molecule has 0 aliphatic carbocycles. The topological polar surface area (TPSA) is 89.8 Å². The smallest absolute Gasteiger partial charge is 0.220 e. The van der Waals surface area contributed by atoms with Gasteiger partial charge in [-0.2, -0.15) is 0 Å². The average Bonchev–Trinajstić information content (AvgIpc) is 3.07. The summed E-state index contributed by atoms with van der Waals surface area (Å²) in [6.07, 6.45) is 43.4. The Morgan fingerprint density at radius 1 is 0.511 bits per heavy atom. The summed E-state index contributed by atoms with van der Waals surface area (Å²) in [5, 5.41) is 33.3. The lowest BCUT2D eigenvalue weighted by atomic mass is 10.0. The van der Waals surface area contributed by atoms with Crippen molar-refractivity contribution in [1.29, 1.82) is 0 Å². The predicted molar refractivity (Wildman–Crippen MR) is 204 cm³/mol. The van der Waals surface area contributed by atoms with Crippen molar-refractivity contribution in [1.82, 2.24) is 5.32 Å². The Hall–Kier alpha value is -0.910. The lowest BCUT2D eigenvalue weighted by Crippen LogP contribution is -2.50. The summed E-state index contributed by atoms with van der Waals surface area (Å²) in [6.45, 7) is 4.15. The van der Waals surface area contributed by atoms with Crippen molar-refractivity contribution in [3.63, 3.8) is 0 Å². The second-order valence-electron chi connectivity index (χ2n) is 14.5. The van der Waals surface area contributed by atoms with Gasteiger partial charge in [0.2, 0.25) is 5.91 Å². The van der Waals surface area contributed by atoms with Gasteiger partial charge < -0.3 is 20.6 Å². The molecule has 4 N–H and O–H groups in total. The Kier molecular flexibility index (Phi) is 37.2. The zero-order chi connectivity index (χ0) is 34.5. The van der Waals surface area contributed by atoms with Crippen molar-refractivity contribution in [3.8, 4) is 0 Å². The fraction of sp³-hybridized carbons (Fsp3) is 0.929. The normalized spacial score (nSPS) is 13.7. The molecule has 0 saturated heterocycles. The minimum absolute atomic E-state index is 0.156. The highest BCUT2D eigenvalue weighted by atomic mass is 16.3. The number of unbranched alkanes of at least 4 members (excludes halogenated alkanes) is 28. The molecular formula is C42H83NO4. The van der Waals surface area contributed by atoms with E-state index >= 15 is 0 Å².